The Morgan fingerprint density at radius 2 is 2.31 bits per heavy atom. The third-order valence-corrected chi connectivity index (χ3v) is 5.89. The van der Waals surface area contributed by atoms with Crippen molar-refractivity contribution in [2.75, 3.05) is 25.4 Å². The van der Waals surface area contributed by atoms with Crippen molar-refractivity contribution >= 4 is 11.8 Å². The maximum Gasteiger partial charge on any atom is 0.0432 e. The highest BCUT2D eigenvalue weighted by Crippen LogP contribution is 2.40. The molecule has 2 nitrogen and oxygen atoms in total. The van der Waals surface area contributed by atoms with E-state index in [2.05, 4.69) is 30.5 Å². The quantitative estimate of drug-likeness (QED) is 0.823. The molecule has 0 bridgehead atoms. The Bertz CT molecular complexity index is 234. The topological polar surface area (TPSA) is 29.3 Å². The van der Waals surface area contributed by atoms with E-state index in [9.17, 15) is 0 Å². The van der Waals surface area contributed by atoms with E-state index in [1.807, 2.05) is 0 Å². The summed E-state index contributed by atoms with van der Waals surface area (Å²) in [5.74, 6) is 2.17. The van der Waals surface area contributed by atoms with Crippen LogP contribution in [0.4, 0.5) is 0 Å². The summed E-state index contributed by atoms with van der Waals surface area (Å²) < 4.78 is 0. The number of rotatable bonds is 3. The summed E-state index contributed by atoms with van der Waals surface area (Å²) >= 11 is 2.11. The number of nitrogens with zero attached hydrogens (tertiary/aromatic N) is 1. The Morgan fingerprint density at radius 1 is 1.50 bits per heavy atom. The van der Waals surface area contributed by atoms with Crippen LogP contribution in [0.5, 0.6) is 0 Å². The molecule has 0 aromatic rings. The van der Waals surface area contributed by atoms with E-state index < -0.39 is 0 Å². The van der Waals surface area contributed by atoms with Gasteiger partial charge in [-0.25, -0.2) is 0 Å². The van der Waals surface area contributed by atoms with E-state index >= 15 is 0 Å². The molecule has 94 valence electrons. The Labute approximate surface area is 104 Å². The van der Waals surface area contributed by atoms with E-state index in [0.29, 0.717) is 5.54 Å². The number of likely N-dealkylation sites (tertiary alicyclic amines) is 1. The summed E-state index contributed by atoms with van der Waals surface area (Å²) in [4.78, 5) is 2.72. The maximum atomic E-state index is 6.09. The highest BCUT2D eigenvalue weighted by Gasteiger charge is 2.43. The van der Waals surface area contributed by atoms with Gasteiger partial charge in [0.05, 0.1) is 0 Å². The normalized spacial score (nSPS) is 41.4. The molecule has 3 unspecified atom stereocenters. The van der Waals surface area contributed by atoms with Crippen LogP contribution in [0.1, 0.15) is 39.5 Å². The van der Waals surface area contributed by atoms with Crippen LogP contribution in [-0.2, 0) is 0 Å². The number of nitrogens with two attached hydrogens (primary N) is 1. The number of hydrogen-bond donors (Lipinski definition) is 1. The highest BCUT2D eigenvalue weighted by atomic mass is 32.2. The lowest BCUT2D eigenvalue weighted by Gasteiger charge is -2.45. The summed E-state index contributed by atoms with van der Waals surface area (Å²) in [7, 11) is 0. The molecule has 3 heteroatoms. The zero-order valence-corrected chi connectivity index (χ0v) is 11.6. The Morgan fingerprint density at radius 3 is 2.88 bits per heavy atom. The van der Waals surface area contributed by atoms with Crippen LogP contribution >= 0.6 is 11.8 Å². The van der Waals surface area contributed by atoms with Crippen LogP contribution in [0.3, 0.4) is 0 Å². The molecule has 2 heterocycles. The van der Waals surface area contributed by atoms with Crippen LogP contribution in [0.25, 0.3) is 0 Å². The third-order valence-electron chi connectivity index (χ3n) is 4.45. The van der Waals surface area contributed by atoms with E-state index in [-0.39, 0.29) is 0 Å². The molecule has 0 radical (unpaired) electrons. The first-order valence-corrected chi connectivity index (χ1v) is 7.82. The van der Waals surface area contributed by atoms with E-state index in [1.165, 1.54) is 44.5 Å². The predicted octanol–water partition coefficient (Wildman–Crippen LogP) is 2.33. The molecule has 3 atom stereocenters. The second-order valence-electron chi connectivity index (χ2n) is 5.62. The van der Waals surface area contributed by atoms with Gasteiger partial charge in [-0.2, -0.15) is 11.8 Å². The molecule has 0 amide bonds. The van der Waals surface area contributed by atoms with Crippen molar-refractivity contribution in [3.8, 4) is 0 Å². The van der Waals surface area contributed by atoms with E-state index in [4.69, 9.17) is 5.73 Å². The van der Waals surface area contributed by atoms with Crippen molar-refractivity contribution in [1.29, 1.82) is 0 Å². The number of thioether (sulfide) groups is 1. The number of piperidine rings is 1. The smallest absolute Gasteiger partial charge is 0.0432 e. The van der Waals surface area contributed by atoms with Gasteiger partial charge in [0, 0.05) is 29.6 Å². The lowest BCUT2D eigenvalue weighted by Crippen LogP contribution is -2.57. The molecule has 2 N–H and O–H groups in total. The van der Waals surface area contributed by atoms with Gasteiger partial charge in [0.15, 0.2) is 0 Å². The monoisotopic (exact) mass is 242 g/mol. The summed E-state index contributed by atoms with van der Waals surface area (Å²) in [6, 6.07) is 0. The van der Waals surface area contributed by atoms with Gasteiger partial charge >= 0.3 is 0 Å². The second-order valence-corrected chi connectivity index (χ2v) is 7.04. The van der Waals surface area contributed by atoms with Crippen molar-refractivity contribution in [2.24, 2.45) is 11.7 Å². The minimum absolute atomic E-state index is 0.331. The molecule has 0 spiro atoms. The van der Waals surface area contributed by atoms with E-state index in [1.54, 1.807) is 0 Å². The van der Waals surface area contributed by atoms with Crippen molar-refractivity contribution in [3.05, 3.63) is 0 Å². The maximum absolute atomic E-state index is 6.09. The first-order chi connectivity index (χ1) is 7.70. The molecule has 2 aliphatic heterocycles. The van der Waals surface area contributed by atoms with Gasteiger partial charge in [0.2, 0.25) is 0 Å². The minimum Gasteiger partial charge on any atom is -0.329 e. The fourth-order valence-electron chi connectivity index (χ4n) is 3.27. The van der Waals surface area contributed by atoms with Crippen molar-refractivity contribution in [2.45, 2.75) is 50.3 Å². The first-order valence-electron chi connectivity index (χ1n) is 6.77. The van der Waals surface area contributed by atoms with E-state index in [0.717, 1.165) is 17.7 Å². The molecule has 0 aromatic carbocycles. The molecular formula is C13H26N2S. The lowest BCUT2D eigenvalue weighted by atomic mass is 9.87. The van der Waals surface area contributed by atoms with Crippen LogP contribution < -0.4 is 5.73 Å². The highest BCUT2D eigenvalue weighted by molar-refractivity contribution is 8.00. The molecule has 0 aliphatic carbocycles. The van der Waals surface area contributed by atoms with Gasteiger partial charge in [-0.05, 0) is 31.7 Å². The average molecular weight is 242 g/mol. The molecule has 2 saturated heterocycles. The first kappa shape index (κ1) is 12.7. The van der Waals surface area contributed by atoms with Crippen LogP contribution in [0, 0.1) is 5.92 Å². The second kappa shape index (κ2) is 5.28. The largest absolute Gasteiger partial charge is 0.329 e. The Kier molecular flexibility index (Phi) is 4.20. The van der Waals surface area contributed by atoms with Crippen LogP contribution in [-0.4, -0.2) is 41.1 Å². The van der Waals surface area contributed by atoms with Gasteiger partial charge in [-0.1, -0.05) is 20.3 Å². The lowest BCUT2D eigenvalue weighted by molar-refractivity contribution is 0.0608. The van der Waals surface area contributed by atoms with Gasteiger partial charge in [-0.15, -0.1) is 0 Å². The minimum atomic E-state index is 0.331. The Hall–Kier alpha value is 0.270. The summed E-state index contributed by atoms with van der Waals surface area (Å²) in [5.41, 5.74) is 6.43. The van der Waals surface area contributed by atoms with Gasteiger partial charge in [-0.3, -0.25) is 4.90 Å². The van der Waals surface area contributed by atoms with Gasteiger partial charge < -0.3 is 5.73 Å². The standard InChI is InChI=1S/C13H26N2S/c1-3-12-5-4-6-15(8-12)13(9-14)7-11(2)16-10-13/h11-12H,3-10,14H2,1-2H3. The third kappa shape index (κ3) is 2.41. The molecule has 16 heavy (non-hydrogen) atoms. The fourth-order valence-corrected chi connectivity index (χ4v) is 4.71. The van der Waals surface area contributed by atoms with Crippen molar-refractivity contribution in [1.82, 2.24) is 4.90 Å². The molecule has 0 saturated carbocycles. The van der Waals surface area contributed by atoms with Crippen LogP contribution in [0.15, 0.2) is 0 Å². The number of hydrogen-bond acceptors (Lipinski definition) is 3. The predicted molar refractivity (Wildman–Crippen MR) is 72.9 cm³/mol. The zero-order valence-electron chi connectivity index (χ0n) is 10.7. The summed E-state index contributed by atoms with van der Waals surface area (Å²) in [6.45, 7) is 8.10. The fraction of sp³-hybridized carbons (Fsp3) is 1.00. The summed E-state index contributed by atoms with van der Waals surface area (Å²) in [6.07, 6.45) is 5.43. The zero-order chi connectivity index (χ0) is 11.6. The average Bonchev–Trinajstić information content (AvgIpc) is 2.72. The van der Waals surface area contributed by atoms with Crippen molar-refractivity contribution in [3.63, 3.8) is 0 Å². The van der Waals surface area contributed by atoms with Gasteiger partial charge in [0.1, 0.15) is 0 Å². The van der Waals surface area contributed by atoms with Crippen LogP contribution in [0.2, 0.25) is 0 Å². The van der Waals surface area contributed by atoms with Gasteiger partial charge in [0.25, 0.3) is 0 Å². The Balaban J connectivity index is 2.03. The molecular weight excluding hydrogens is 216 g/mol. The molecule has 2 rings (SSSR count). The molecule has 2 fully saturated rings. The molecule has 2 aliphatic rings. The SMILES string of the molecule is CCC1CCCN(C2(CN)CSC(C)C2)C1. The summed E-state index contributed by atoms with van der Waals surface area (Å²) in [5, 5.41) is 0.797. The molecule has 0 aromatic heterocycles. The van der Waals surface area contributed by atoms with Crippen molar-refractivity contribution < 1.29 is 0 Å².